The zero-order valence-electron chi connectivity index (χ0n) is 14.1. The molecule has 3 heterocycles. The number of rotatable bonds is 5. The molecule has 0 aromatic heterocycles. The Bertz CT molecular complexity index is 688. The van der Waals surface area contributed by atoms with Crippen LogP contribution < -0.4 is 0 Å². The van der Waals surface area contributed by atoms with Crippen molar-refractivity contribution in [1.29, 1.82) is 0 Å². The summed E-state index contributed by atoms with van der Waals surface area (Å²) in [5, 5.41) is 0. The van der Waals surface area contributed by atoms with E-state index in [9.17, 15) is 8.42 Å². The molecule has 0 N–H and O–H groups in total. The molecule has 6 heteroatoms. The Kier molecular flexibility index (Phi) is 4.19. The molecule has 132 valence electrons. The number of fused-ring (bicyclic) bond motifs is 1. The predicted molar refractivity (Wildman–Crippen MR) is 90.3 cm³/mol. The van der Waals surface area contributed by atoms with Crippen molar-refractivity contribution in [2.45, 2.75) is 49.1 Å². The first-order valence-electron chi connectivity index (χ1n) is 8.79. The third-order valence-corrected chi connectivity index (χ3v) is 7.57. The lowest BCUT2D eigenvalue weighted by atomic mass is 9.81. The molecule has 2 bridgehead atoms. The van der Waals surface area contributed by atoms with Crippen LogP contribution in [0.25, 0.3) is 0 Å². The van der Waals surface area contributed by atoms with Crippen molar-refractivity contribution in [2.24, 2.45) is 5.92 Å². The van der Waals surface area contributed by atoms with Gasteiger partial charge >= 0.3 is 0 Å². The summed E-state index contributed by atoms with van der Waals surface area (Å²) in [5.74, 6) is 0.551. The molecule has 4 fully saturated rings. The third-order valence-electron chi connectivity index (χ3n) is 5.66. The first-order chi connectivity index (χ1) is 11.5. The van der Waals surface area contributed by atoms with Crippen molar-refractivity contribution in [3.05, 3.63) is 29.8 Å². The van der Waals surface area contributed by atoms with E-state index in [-0.39, 0.29) is 11.6 Å². The first-order valence-corrected chi connectivity index (χ1v) is 10.2. The quantitative estimate of drug-likeness (QED) is 0.817. The van der Waals surface area contributed by atoms with Crippen molar-refractivity contribution < 1.29 is 17.9 Å². The molecular weight excluding hydrogens is 326 g/mol. The van der Waals surface area contributed by atoms with Crippen LogP contribution in [0.2, 0.25) is 0 Å². The van der Waals surface area contributed by atoms with Gasteiger partial charge in [0.2, 0.25) is 10.0 Å². The van der Waals surface area contributed by atoms with Crippen LogP contribution in [0.4, 0.5) is 0 Å². The highest BCUT2D eigenvalue weighted by Gasteiger charge is 2.60. The lowest BCUT2D eigenvalue weighted by Gasteiger charge is -2.38. The molecule has 0 amide bonds. The maximum absolute atomic E-state index is 12.9. The van der Waals surface area contributed by atoms with E-state index in [1.807, 2.05) is 19.1 Å². The van der Waals surface area contributed by atoms with Crippen molar-refractivity contribution in [1.82, 2.24) is 4.31 Å². The van der Waals surface area contributed by atoms with Crippen LogP contribution in [0.3, 0.4) is 0 Å². The highest BCUT2D eigenvalue weighted by Crippen LogP contribution is 2.49. The van der Waals surface area contributed by atoms with Crippen molar-refractivity contribution in [3.63, 3.8) is 0 Å². The zero-order valence-corrected chi connectivity index (χ0v) is 14.9. The van der Waals surface area contributed by atoms with Gasteiger partial charge in [-0.3, -0.25) is 0 Å². The number of aryl methyl sites for hydroxylation is 1. The van der Waals surface area contributed by atoms with Crippen LogP contribution in [0.15, 0.2) is 29.2 Å². The number of hydrogen-bond acceptors (Lipinski definition) is 4. The minimum Gasteiger partial charge on any atom is -0.381 e. The molecule has 3 aliphatic heterocycles. The molecule has 24 heavy (non-hydrogen) atoms. The van der Waals surface area contributed by atoms with E-state index in [4.69, 9.17) is 9.47 Å². The number of benzene rings is 1. The minimum absolute atomic E-state index is 0.103. The standard InChI is InChI=1S/C18H25NO4S/c1-14-2-4-17(5-3-14)24(20,21)19-13-18(10-16(19)11-18)23-12-15-6-8-22-9-7-15/h2-5,15-16H,6-13H2,1H3. The SMILES string of the molecule is Cc1ccc(S(=O)(=O)N2CC3(OCC4CCOCC4)CC2C3)cc1. The Balaban J connectivity index is 1.41. The van der Waals surface area contributed by atoms with E-state index < -0.39 is 10.0 Å². The van der Waals surface area contributed by atoms with E-state index in [2.05, 4.69) is 0 Å². The summed E-state index contributed by atoms with van der Waals surface area (Å²) < 4.78 is 39.0. The second-order valence-electron chi connectivity index (χ2n) is 7.48. The fourth-order valence-electron chi connectivity index (χ4n) is 4.04. The first kappa shape index (κ1) is 16.5. The maximum atomic E-state index is 12.9. The summed E-state index contributed by atoms with van der Waals surface area (Å²) in [6.45, 7) is 4.82. The molecule has 0 radical (unpaired) electrons. The van der Waals surface area contributed by atoms with Gasteiger partial charge in [-0.05, 0) is 50.7 Å². The molecule has 0 spiro atoms. The van der Waals surface area contributed by atoms with E-state index in [0.717, 1.165) is 51.1 Å². The van der Waals surface area contributed by atoms with E-state index in [1.54, 1.807) is 16.4 Å². The summed E-state index contributed by atoms with van der Waals surface area (Å²) in [4.78, 5) is 0.389. The van der Waals surface area contributed by atoms with Gasteiger partial charge in [-0.15, -0.1) is 0 Å². The van der Waals surface area contributed by atoms with Gasteiger partial charge in [0.25, 0.3) is 0 Å². The Labute approximate surface area is 144 Å². The number of sulfonamides is 1. The van der Waals surface area contributed by atoms with E-state index in [0.29, 0.717) is 17.4 Å². The van der Waals surface area contributed by atoms with Crippen LogP contribution in [0.5, 0.6) is 0 Å². The van der Waals surface area contributed by atoms with E-state index >= 15 is 0 Å². The molecular formula is C18H25NO4S. The molecule has 3 saturated heterocycles. The summed E-state index contributed by atoms with van der Waals surface area (Å²) in [5.41, 5.74) is 0.816. The molecule has 1 saturated carbocycles. The van der Waals surface area contributed by atoms with Crippen molar-refractivity contribution in [2.75, 3.05) is 26.4 Å². The summed E-state index contributed by atoms with van der Waals surface area (Å²) in [6, 6.07) is 7.22. The fraction of sp³-hybridized carbons (Fsp3) is 0.667. The van der Waals surface area contributed by atoms with Gasteiger partial charge in [0.05, 0.1) is 17.1 Å². The van der Waals surface area contributed by atoms with Gasteiger partial charge in [-0.1, -0.05) is 17.7 Å². The molecule has 0 unspecified atom stereocenters. The highest BCUT2D eigenvalue weighted by atomic mass is 32.2. The van der Waals surface area contributed by atoms with Gasteiger partial charge < -0.3 is 9.47 Å². The van der Waals surface area contributed by atoms with Crippen molar-refractivity contribution in [3.8, 4) is 0 Å². The van der Waals surface area contributed by atoms with Gasteiger partial charge in [0.15, 0.2) is 0 Å². The number of hydrogen-bond donors (Lipinski definition) is 0. The highest BCUT2D eigenvalue weighted by molar-refractivity contribution is 7.89. The topological polar surface area (TPSA) is 55.8 Å². The van der Waals surface area contributed by atoms with Crippen LogP contribution in [-0.4, -0.2) is 50.7 Å². The summed E-state index contributed by atoms with van der Waals surface area (Å²) in [6.07, 6.45) is 3.76. The van der Waals surface area contributed by atoms with Gasteiger partial charge in [-0.2, -0.15) is 4.31 Å². The normalized spacial score (nSPS) is 31.1. The second kappa shape index (κ2) is 6.09. The lowest BCUT2D eigenvalue weighted by molar-refractivity contribution is -0.0930. The Morgan fingerprint density at radius 2 is 1.88 bits per heavy atom. The molecule has 1 aromatic carbocycles. The Hall–Kier alpha value is -0.950. The lowest BCUT2D eigenvalue weighted by Crippen LogP contribution is -2.44. The largest absolute Gasteiger partial charge is 0.381 e. The molecule has 5 rings (SSSR count). The molecule has 4 aliphatic rings. The van der Waals surface area contributed by atoms with Crippen molar-refractivity contribution >= 4 is 10.0 Å². The van der Waals surface area contributed by atoms with E-state index in [1.165, 1.54) is 0 Å². The molecule has 1 aromatic rings. The molecule has 0 atom stereocenters. The smallest absolute Gasteiger partial charge is 0.243 e. The Morgan fingerprint density at radius 3 is 2.54 bits per heavy atom. The maximum Gasteiger partial charge on any atom is 0.243 e. The van der Waals surface area contributed by atoms with Gasteiger partial charge in [0, 0.05) is 25.8 Å². The van der Waals surface area contributed by atoms with Gasteiger partial charge in [0.1, 0.15) is 0 Å². The van der Waals surface area contributed by atoms with Crippen LogP contribution >= 0.6 is 0 Å². The molecule has 5 nitrogen and oxygen atoms in total. The summed E-state index contributed by atoms with van der Waals surface area (Å²) >= 11 is 0. The second-order valence-corrected chi connectivity index (χ2v) is 9.37. The molecule has 1 aliphatic carbocycles. The van der Waals surface area contributed by atoms with Gasteiger partial charge in [-0.25, -0.2) is 8.42 Å². The average Bonchev–Trinajstić information content (AvgIpc) is 3.11. The fourth-order valence-corrected chi connectivity index (χ4v) is 5.74. The number of ether oxygens (including phenoxy) is 2. The minimum atomic E-state index is -3.41. The van der Waals surface area contributed by atoms with Crippen LogP contribution in [0, 0.1) is 12.8 Å². The summed E-state index contributed by atoms with van der Waals surface area (Å²) in [7, 11) is -3.41. The van der Waals surface area contributed by atoms with Crippen LogP contribution in [0.1, 0.15) is 31.2 Å². The Morgan fingerprint density at radius 1 is 1.21 bits per heavy atom. The zero-order chi connectivity index (χ0) is 16.8. The third kappa shape index (κ3) is 2.90. The van der Waals surface area contributed by atoms with Crippen LogP contribution in [-0.2, 0) is 19.5 Å². The number of nitrogens with zero attached hydrogens (tertiary/aromatic N) is 1. The predicted octanol–water partition coefficient (Wildman–Crippen LogP) is 2.34. The monoisotopic (exact) mass is 351 g/mol. The average molecular weight is 351 g/mol.